The number of amides is 1. The molecule has 0 spiro atoms. The lowest BCUT2D eigenvalue weighted by Crippen LogP contribution is -2.45. The molecule has 1 heterocycles. The predicted molar refractivity (Wildman–Crippen MR) is 117 cm³/mol. The van der Waals surface area contributed by atoms with Crippen LogP contribution in [0.1, 0.15) is 31.9 Å². The number of aromatic nitrogens is 1. The van der Waals surface area contributed by atoms with E-state index in [2.05, 4.69) is 31.1 Å². The van der Waals surface area contributed by atoms with Crippen LogP contribution in [0.4, 0.5) is 0 Å². The number of methoxy groups -OCH3 is 1. The average molecular weight is 408 g/mol. The fourth-order valence-electron chi connectivity index (χ4n) is 3.45. The maximum atomic E-state index is 12.5. The SMILES string of the molecule is COC(=O)C(Cc1c[nH]c2ccccc12)NC(=O)COc1ccccc1C(C)(C)C. The molecule has 0 aliphatic heterocycles. The van der Waals surface area contributed by atoms with Crippen LogP contribution >= 0.6 is 0 Å². The van der Waals surface area contributed by atoms with E-state index in [1.165, 1.54) is 7.11 Å². The third-order valence-corrected chi connectivity index (χ3v) is 4.97. The summed E-state index contributed by atoms with van der Waals surface area (Å²) in [6.07, 6.45) is 2.17. The quantitative estimate of drug-likeness (QED) is 0.584. The number of esters is 1. The zero-order valence-corrected chi connectivity index (χ0v) is 17.8. The molecule has 0 saturated carbocycles. The number of nitrogens with one attached hydrogen (secondary N) is 2. The molecule has 0 radical (unpaired) electrons. The van der Waals surface area contributed by atoms with Gasteiger partial charge in [-0.1, -0.05) is 57.2 Å². The van der Waals surface area contributed by atoms with Gasteiger partial charge in [0.2, 0.25) is 0 Å². The molecule has 0 saturated heterocycles. The summed E-state index contributed by atoms with van der Waals surface area (Å²) in [6, 6.07) is 14.7. The third-order valence-electron chi connectivity index (χ3n) is 4.97. The molecular formula is C24H28N2O4. The van der Waals surface area contributed by atoms with Gasteiger partial charge in [-0.15, -0.1) is 0 Å². The molecule has 3 rings (SSSR count). The first-order valence-corrected chi connectivity index (χ1v) is 9.94. The van der Waals surface area contributed by atoms with Gasteiger partial charge in [0.15, 0.2) is 6.61 Å². The lowest BCUT2D eigenvalue weighted by molar-refractivity contribution is -0.145. The summed E-state index contributed by atoms with van der Waals surface area (Å²) >= 11 is 0. The smallest absolute Gasteiger partial charge is 0.328 e. The first kappa shape index (κ1) is 21.4. The first-order valence-electron chi connectivity index (χ1n) is 9.94. The third kappa shape index (κ3) is 5.00. The summed E-state index contributed by atoms with van der Waals surface area (Å²) in [5, 5.41) is 3.76. The summed E-state index contributed by atoms with van der Waals surface area (Å²) < 4.78 is 10.7. The number of carbonyl (C=O) groups excluding carboxylic acids is 2. The van der Waals surface area contributed by atoms with Gasteiger partial charge < -0.3 is 19.8 Å². The van der Waals surface area contributed by atoms with E-state index in [1.807, 2.05) is 54.7 Å². The van der Waals surface area contributed by atoms with Crippen LogP contribution in [0.2, 0.25) is 0 Å². The van der Waals surface area contributed by atoms with Crippen LogP contribution in [-0.2, 0) is 26.2 Å². The Morgan fingerprint density at radius 3 is 2.50 bits per heavy atom. The summed E-state index contributed by atoms with van der Waals surface area (Å²) in [5.41, 5.74) is 2.81. The highest BCUT2D eigenvalue weighted by molar-refractivity contribution is 5.87. The Balaban J connectivity index is 1.69. The van der Waals surface area contributed by atoms with E-state index in [1.54, 1.807) is 0 Å². The number of hydrogen-bond donors (Lipinski definition) is 2. The van der Waals surface area contributed by atoms with Gasteiger partial charge in [0, 0.05) is 23.5 Å². The number of para-hydroxylation sites is 2. The lowest BCUT2D eigenvalue weighted by atomic mass is 9.86. The van der Waals surface area contributed by atoms with E-state index in [-0.39, 0.29) is 17.9 Å². The van der Waals surface area contributed by atoms with Crippen LogP contribution in [-0.4, -0.2) is 36.6 Å². The number of aromatic amines is 1. The minimum absolute atomic E-state index is 0.114. The van der Waals surface area contributed by atoms with Crippen molar-refractivity contribution in [3.63, 3.8) is 0 Å². The fourth-order valence-corrected chi connectivity index (χ4v) is 3.45. The average Bonchev–Trinajstić information content (AvgIpc) is 3.13. The largest absolute Gasteiger partial charge is 0.483 e. The van der Waals surface area contributed by atoms with Crippen LogP contribution in [0.3, 0.4) is 0 Å². The van der Waals surface area contributed by atoms with E-state index in [0.717, 1.165) is 22.0 Å². The van der Waals surface area contributed by atoms with Gasteiger partial charge >= 0.3 is 5.97 Å². The molecule has 2 aromatic carbocycles. The van der Waals surface area contributed by atoms with Crippen LogP contribution in [0, 0.1) is 0 Å². The molecular weight excluding hydrogens is 380 g/mol. The van der Waals surface area contributed by atoms with E-state index in [9.17, 15) is 9.59 Å². The molecule has 0 aliphatic rings. The van der Waals surface area contributed by atoms with E-state index in [4.69, 9.17) is 9.47 Å². The van der Waals surface area contributed by atoms with E-state index < -0.39 is 12.0 Å². The highest BCUT2D eigenvalue weighted by Crippen LogP contribution is 2.30. The van der Waals surface area contributed by atoms with Gasteiger partial charge in [-0.05, 0) is 28.7 Å². The Labute approximate surface area is 176 Å². The number of rotatable bonds is 7. The lowest BCUT2D eigenvalue weighted by Gasteiger charge is -2.23. The van der Waals surface area contributed by atoms with Gasteiger partial charge in [-0.3, -0.25) is 4.79 Å². The summed E-state index contributed by atoms with van der Waals surface area (Å²) in [5.74, 6) is -0.218. The zero-order valence-electron chi connectivity index (χ0n) is 17.8. The Hall–Kier alpha value is -3.28. The molecule has 6 heteroatoms. The maximum absolute atomic E-state index is 12.5. The number of carbonyl (C=O) groups is 2. The van der Waals surface area contributed by atoms with Crippen LogP contribution < -0.4 is 10.1 Å². The molecule has 158 valence electrons. The minimum atomic E-state index is -0.803. The van der Waals surface area contributed by atoms with Crippen LogP contribution in [0.25, 0.3) is 10.9 Å². The maximum Gasteiger partial charge on any atom is 0.328 e. The number of hydrogen-bond acceptors (Lipinski definition) is 4. The minimum Gasteiger partial charge on any atom is -0.483 e. The van der Waals surface area contributed by atoms with Gasteiger partial charge in [-0.25, -0.2) is 4.79 Å². The van der Waals surface area contributed by atoms with Crippen LogP contribution in [0.5, 0.6) is 5.75 Å². The summed E-state index contributed by atoms with van der Waals surface area (Å²) in [7, 11) is 1.31. The van der Waals surface area contributed by atoms with Crippen molar-refractivity contribution in [3.8, 4) is 5.75 Å². The fraction of sp³-hybridized carbons (Fsp3) is 0.333. The standard InChI is InChI=1S/C24H28N2O4/c1-24(2,3)18-10-6-8-12-21(18)30-15-22(27)26-20(23(28)29-4)13-16-14-25-19-11-7-5-9-17(16)19/h5-12,14,20,25H,13,15H2,1-4H3,(H,26,27). The highest BCUT2D eigenvalue weighted by Gasteiger charge is 2.24. The molecule has 0 fully saturated rings. The van der Waals surface area contributed by atoms with Crippen molar-refractivity contribution in [3.05, 3.63) is 65.9 Å². The van der Waals surface area contributed by atoms with Gasteiger partial charge in [-0.2, -0.15) is 0 Å². The molecule has 0 bridgehead atoms. The van der Waals surface area contributed by atoms with Crippen molar-refractivity contribution in [2.75, 3.05) is 13.7 Å². The molecule has 3 aromatic rings. The van der Waals surface area contributed by atoms with Crippen molar-refractivity contribution in [1.29, 1.82) is 0 Å². The van der Waals surface area contributed by atoms with E-state index in [0.29, 0.717) is 12.2 Å². The second-order valence-electron chi connectivity index (χ2n) is 8.24. The van der Waals surface area contributed by atoms with Crippen molar-refractivity contribution in [2.45, 2.75) is 38.6 Å². The molecule has 1 aromatic heterocycles. The normalized spacial score (nSPS) is 12.4. The van der Waals surface area contributed by atoms with Crippen molar-refractivity contribution >= 4 is 22.8 Å². The predicted octanol–water partition coefficient (Wildman–Crippen LogP) is 3.74. The monoisotopic (exact) mass is 408 g/mol. The summed E-state index contributed by atoms with van der Waals surface area (Å²) in [6.45, 7) is 6.08. The van der Waals surface area contributed by atoms with Crippen molar-refractivity contribution in [2.24, 2.45) is 0 Å². The Morgan fingerprint density at radius 2 is 1.77 bits per heavy atom. The van der Waals surface area contributed by atoms with Crippen molar-refractivity contribution in [1.82, 2.24) is 10.3 Å². The second-order valence-corrected chi connectivity index (χ2v) is 8.24. The number of ether oxygens (including phenoxy) is 2. The Kier molecular flexibility index (Phi) is 6.45. The number of H-pyrrole nitrogens is 1. The van der Waals surface area contributed by atoms with Gasteiger partial charge in [0.1, 0.15) is 11.8 Å². The summed E-state index contributed by atoms with van der Waals surface area (Å²) in [4.78, 5) is 28.0. The second kappa shape index (κ2) is 9.03. The Bertz CT molecular complexity index is 1030. The highest BCUT2D eigenvalue weighted by atomic mass is 16.5. The van der Waals surface area contributed by atoms with Crippen LogP contribution in [0.15, 0.2) is 54.7 Å². The molecule has 6 nitrogen and oxygen atoms in total. The number of benzene rings is 2. The number of fused-ring (bicyclic) bond motifs is 1. The molecule has 1 atom stereocenters. The molecule has 2 N–H and O–H groups in total. The van der Waals surface area contributed by atoms with Gasteiger partial charge in [0.25, 0.3) is 5.91 Å². The Morgan fingerprint density at radius 1 is 1.07 bits per heavy atom. The molecule has 0 aliphatic carbocycles. The van der Waals surface area contributed by atoms with Gasteiger partial charge in [0.05, 0.1) is 7.11 Å². The topological polar surface area (TPSA) is 80.4 Å². The van der Waals surface area contributed by atoms with Crippen molar-refractivity contribution < 1.29 is 19.1 Å². The molecule has 30 heavy (non-hydrogen) atoms. The van der Waals surface area contributed by atoms with E-state index >= 15 is 0 Å². The molecule has 1 unspecified atom stereocenters. The molecule has 1 amide bonds. The zero-order chi connectivity index (χ0) is 21.7. The first-order chi connectivity index (χ1) is 14.3.